The van der Waals surface area contributed by atoms with Crippen LogP contribution in [-0.4, -0.2) is 61.9 Å². The summed E-state index contributed by atoms with van der Waals surface area (Å²) in [5, 5.41) is 17.2. The van der Waals surface area contributed by atoms with Gasteiger partial charge in [-0.1, -0.05) is 0 Å². The number of hydrogen-bond acceptors (Lipinski definition) is 6. The molecular weight excluding hydrogens is 348 g/mol. The molecule has 9 heteroatoms. The van der Waals surface area contributed by atoms with E-state index in [1.165, 1.54) is 4.90 Å². The number of piperidine rings is 1. The highest BCUT2D eigenvalue weighted by Crippen LogP contribution is 2.28. The Hall–Kier alpha value is -3.36. The van der Waals surface area contributed by atoms with Crippen LogP contribution in [0.3, 0.4) is 0 Å². The smallest absolute Gasteiger partial charge is 0.407 e. The molecule has 0 aromatic carbocycles. The summed E-state index contributed by atoms with van der Waals surface area (Å²) in [5.74, 6) is 1.17. The molecule has 27 heavy (non-hydrogen) atoms. The summed E-state index contributed by atoms with van der Waals surface area (Å²) in [4.78, 5) is 21.3. The van der Waals surface area contributed by atoms with Gasteiger partial charge < -0.3 is 20.1 Å². The number of methoxy groups -OCH3 is 1. The van der Waals surface area contributed by atoms with Gasteiger partial charge in [0.1, 0.15) is 5.82 Å². The van der Waals surface area contributed by atoms with Gasteiger partial charge in [0, 0.05) is 25.3 Å². The molecule has 0 spiro atoms. The summed E-state index contributed by atoms with van der Waals surface area (Å²) in [6.45, 7) is 1.02. The molecule has 4 rings (SSSR count). The molecule has 0 radical (unpaired) electrons. The molecule has 0 aliphatic carbocycles. The Balaban J connectivity index is 1.63. The molecule has 1 aliphatic heterocycles. The fourth-order valence-corrected chi connectivity index (χ4v) is 3.36. The second-order valence-electron chi connectivity index (χ2n) is 6.40. The van der Waals surface area contributed by atoms with Crippen LogP contribution in [0.1, 0.15) is 12.8 Å². The van der Waals surface area contributed by atoms with E-state index < -0.39 is 6.09 Å². The molecular formula is C18H20N6O3. The van der Waals surface area contributed by atoms with Crippen LogP contribution < -0.4 is 10.1 Å². The summed E-state index contributed by atoms with van der Waals surface area (Å²) < 4.78 is 7.08. The molecule has 3 aromatic heterocycles. The minimum atomic E-state index is -0.884. The summed E-state index contributed by atoms with van der Waals surface area (Å²) in [6.07, 6.45) is 4.25. The Bertz CT molecular complexity index is 973. The van der Waals surface area contributed by atoms with Crippen molar-refractivity contribution in [1.29, 1.82) is 0 Å². The molecule has 0 unspecified atom stereocenters. The lowest BCUT2D eigenvalue weighted by molar-refractivity contribution is 0.132. The van der Waals surface area contributed by atoms with Gasteiger partial charge in [0.15, 0.2) is 5.65 Å². The van der Waals surface area contributed by atoms with E-state index in [9.17, 15) is 9.90 Å². The number of likely N-dealkylation sites (tertiary alicyclic amines) is 1. The quantitative estimate of drug-likeness (QED) is 0.728. The molecule has 1 amide bonds. The van der Waals surface area contributed by atoms with Gasteiger partial charge in [-0.2, -0.15) is 0 Å². The van der Waals surface area contributed by atoms with Gasteiger partial charge in [0.05, 0.1) is 24.6 Å². The van der Waals surface area contributed by atoms with Crippen LogP contribution in [0.2, 0.25) is 0 Å². The second kappa shape index (κ2) is 7.10. The predicted molar refractivity (Wildman–Crippen MR) is 99.0 cm³/mol. The number of fused-ring (bicyclic) bond motifs is 1. The number of pyridine rings is 1. The Labute approximate surface area is 155 Å². The van der Waals surface area contributed by atoms with E-state index in [0.29, 0.717) is 30.4 Å². The number of rotatable bonds is 4. The molecule has 2 N–H and O–H groups in total. The monoisotopic (exact) mass is 368 g/mol. The number of aromatic nitrogens is 4. The van der Waals surface area contributed by atoms with Crippen molar-refractivity contribution in [2.24, 2.45) is 0 Å². The van der Waals surface area contributed by atoms with Gasteiger partial charge in [-0.25, -0.2) is 19.3 Å². The number of imidazole rings is 1. The third-order valence-electron chi connectivity index (χ3n) is 4.65. The van der Waals surface area contributed by atoms with Crippen molar-refractivity contribution in [3.63, 3.8) is 0 Å². The average Bonchev–Trinajstić information content (AvgIpc) is 3.11. The predicted octanol–water partition coefficient (Wildman–Crippen LogP) is 2.35. The number of anilines is 1. The zero-order valence-corrected chi connectivity index (χ0v) is 14.9. The van der Waals surface area contributed by atoms with E-state index in [-0.39, 0.29) is 6.04 Å². The van der Waals surface area contributed by atoms with Crippen molar-refractivity contribution in [2.75, 3.05) is 25.5 Å². The fourth-order valence-electron chi connectivity index (χ4n) is 3.36. The minimum Gasteiger partial charge on any atom is -0.481 e. The number of nitrogens with zero attached hydrogens (tertiary/aromatic N) is 5. The van der Waals surface area contributed by atoms with Crippen LogP contribution >= 0.6 is 0 Å². The maximum absolute atomic E-state index is 11.2. The number of amides is 1. The van der Waals surface area contributed by atoms with E-state index in [1.54, 1.807) is 24.0 Å². The summed E-state index contributed by atoms with van der Waals surface area (Å²) in [7, 11) is 1.58. The summed E-state index contributed by atoms with van der Waals surface area (Å²) in [5.41, 5.74) is 2.28. The minimum absolute atomic E-state index is 0.0275. The van der Waals surface area contributed by atoms with E-state index in [0.717, 1.165) is 24.1 Å². The van der Waals surface area contributed by atoms with Gasteiger partial charge in [0.2, 0.25) is 5.88 Å². The number of hydrogen-bond donors (Lipinski definition) is 2. The average molecular weight is 368 g/mol. The third-order valence-corrected chi connectivity index (χ3v) is 4.65. The molecule has 1 aliphatic rings. The molecule has 3 aromatic rings. The number of ether oxygens (including phenoxy) is 1. The van der Waals surface area contributed by atoms with Gasteiger partial charge in [-0.15, -0.1) is 5.10 Å². The lowest BCUT2D eigenvalue weighted by Crippen LogP contribution is -2.44. The zero-order chi connectivity index (χ0) is 18.8. The van der Waals surface area contributed by atoms with Crippen molar-refractivity contribution in [1.82, 2.24) is 24.5 Å². The van der Waals surface area contributed by atoms with Crippen LogP contribution in [0.25, 0.3) is 16.9 Å². The topological polar surface area (TPSA) is 105 Å². The first-order chi connectivity index (χ1) is 13.2. The molecule has 0 saturated carbocycles. The van der Waals surface area contributed by atoms with Crippen LogP contribution in [-0.2, 0) is 0 Å². The van der Waals surface area contributed by atoms with Crippen molar-refractivity contribution in [3.8, 4) is 17.1 Å². The molecule has 140 valence electrons. The maximum Gasteiger partial charge on any atom is 0.407 e. The normalized spacial score (nSPS) is 17.1. The van der Waals surface area contributed by atoms with Crippen molar-refractivity contribution in [2.45, 2.75) is 18.9 Å². The fraction of sp³-hybridized carbons (Fsp3) is 0.333. The van der Waals surface area contributed by atoms with E-state index >= 15 is 0 Å². The zero-order valence-electron chi connectivity index (χ0n) is 14.9. The number of carbonyl (C=O) groups is 1. The Morgan fingerprint density at radius 2 is 2.22 bits per heavy atom. The van der Waals surface area contributed by atoms with E-state index in [2.05, 4.69) is 20.4 Å². The molecule has 1 atom stereocenters. The highest BCUT2D eigenvalue weighted by Gasteiger charge is 2.23. The molecule has 1 fully saturated rings. The van der Waals surface area contributed by atoms with Crippen LogP contribution in [0, 0.1) is 0 Å². The lowest BCUT2D eigenvalue weighted by atomic mass is 10.1. The summed E-state index contributed by atoms with van der Waals surface area (Å²) in [6, 6.07) is 7.50. The molecule has 1 saturated heterocycles. The molecule has 9 nitrogen and oxygen atoms in total. The largest absolute Gasteiger partial charge is 0.481 e. The molecule has 4 heterocycles. The van der Waals surface area contributed by atoms with Crippen LogP contribution in [0.5, 0.6) is 5.88 Å². The van der Waals surface area contributed by atoms with Crippen LogP contribution in [0.4, 0.5) is 10.6 Å². The van der Waals surface area contributed by atoms with E-state index in [1.807, 2.05) is 24.3 Å². The highest BCUT2D eigenvalue weighted by atomic mass is 16.5. The Morgan fingerprint density at radius 3 is 3.04 bits per heavy atom. The maximum atomic E-state index is 11.2. The highest BCUT2D eigenvalue weighted by molar-refractivity contribution is 5.68. The van der Waals surface area contributed by atoms with E-state index in [4.69, 9.17) is 4.74 Å². The van der Waals surface area contributed by atoms with Crippen LogP contribution in [0.15, 0.2) is 36.7 Å². The van der Waals surface area contributed by atoms with Crippen molar-refractivity contribution >= 4 is 17.6 Å². The standard InChI is InChI=1S/C18H20N6O3/c1-27-17-13(5-2-8-19-17)14-10-20-16-7-6-15(22-24(14)16)21-12-4-3-9-23(11-12)18(25)26/h2,5-8,10,12H,3-4,9,11H2,1H3,(H,21,22)(H,25,26)/t12-/m1/s1. The summed E-state index contributed by atoms with van der Waals surface area (Å²) >= 11 is 0. The lowest BCUT2D eigenvalue weighted by Gasteiger charge is -2.31. The Kier molecular flexibility index (Phi) is 4.49. The van der Waals surface area contributed by atoms with Gasteiger partial charge in [-0.3, -0.25) is 0 Å². The SMILES string of the molecule is COc1ncccc1-c1cnc2ccc(N[C@@H]3CCCN(C(=O)O)C3)nn12. The van der Waals surface area contributed by atoms with Crippen molar-refractivity contribution < 1.29 is 14.6 Å². The first-order valence-electron chi connectivity index (χ1n) is 8.74. The first kappa shape index (κ1) is 17.1. The van der Waals surface area contributed by atoms with Gasteiger partial charge >= 0.3 is 6.09 Å². The second-order valence-corrected chi connectivity index (χ2v) is 6.40. The van der Waals surface area contributed by atoms with Gasteiger partial charge in [0.25, 0.3) is 0 Å². The number of nitrogens with one attached hydrogen (secondary N) is 1. The van der Waals surface area contributed by atoms with Gasteiger partial charge in [-0.05, 0) is 37.1 Å². The number of carboxylic acid groups (broad SMARTS) is 1. The first-order valence-corrected chi connectivity index (χ1v) is 8.74. The third kappa shape index (κ3) is 3.35. The Morgan fingerprint density at radius 1 is 1.33 bits per heavy atom. The molecule has 0 bridgehead atoms. The van der Waals surface area contributed by atoms with Crippen molar-refractivity contribution in [3.05, 3.63) is 36.7 Å².